The van der Waals surface area contributed by atoms with E-state index in [4.69, 9.17) is 0 Å². The molecule has 0 unspecified atom stereocenters. The molecule has 0 aliphatic heterocycles. The molecule has 0 atom stereocenters. The van der Waals surface area contributed by atoms with E-state index >= 15 is 0 Å². The maximum absolute atomic E-state index is 10.6. The summed E-state index contributed by atoms with van der Waals surface area (Å²) in [7, 11) is 0. The Morgan fingerprint density at radius 2 is 2.19 bits per heavy atom. The Hall–Kier alpha value is -0.610. The molecule has 0 spiro atoms. The SMILES string of the molecule is CC(=O)NCCC=Cc1cc(Br)ccc1Br. The van der Waals surface area contributed by atoms with Crippen LogP contribution in [-0.4, -0.2) is 12.5 Å². The number of carbonyl (C=O) groups excluding carboxylic acids is 1. The van der Waals surface area contributed by atoms with Crippen LogP contribution in [0, 0.1) is 0 Å². The Balaban J connectivity index is 2.49. The molecular weight excluding hydrogens is 334 g/mol. The maximum atomic E-state index is 10.6. The zero-order valence-electron chi connectivity index (χ0n) is 8.97. The number of halogens is 2. The Bertz CT molecular complexity index is 402. The molecule has 16 heavy (non-hydrogen) atoms. The van der Waals surface area contributed by atoms with Gasteiger partial charge in [-0.3, -0.25) is 4.79 Å². The van der Waals surface area contributed by atoms with Crippen LogP contribution >= 0.6 is 31.9 Å². The molecule has 0 fully saturated rings. The third kappa shape index (κ3) is 4.94. The van der Waals surface area contributed by atoms with E-state index in [1.54, 1.807) is 0 Å². The second-order valence-corrected chi connectivity index (χ2v) is 5.11. The standard InChI is InChI=1S/C12H13Br2NO/c1-9(16)15-7-3-2-4-10-8-11(13)5-6-12(10)14/h2,4-6,8H,3,7H2,1H3,(H,15,16). The number of carbonyl (C=O) groups is 1. The van der Waals surface area contributed by atoms with Crippen molar-refractivity contribution in [2.24, 2.45) is 0 Å². The monoisotopic (exact) mass is 345 g/mol. The second-order valence-electron chi connectivity index (χ2n) is 3.34. The van der Waals surface area contributed by atoms with Gasteiger partial charge in [0, 0.05) is 22.4 Å². The largest absolute Gasteiger partial charge is 0.356 e. The van der Waals surface area contributed by atoms with Crippen molar-refractivity contribution in [1.29, 1.82) is 0 Å². The lowest BCUT2D eigenvalue weighted by Crippen LogP contribution is -2.20. The van der Waals surface area contributed by atoms with Crippen molar-refractivity contribution in [3.05, 3.63) is 38.8 Å². The lowest BCUT2D eigenvalue weighted by atomic mass is 10.2. The first-order valence-corrected chi connectivity index (χ1v) is 6.54. The molecule has 0 bridgehead atoms. The highest BCUT2D eigenvalue weighted by Gasteiger charge is 1.96. The van der Waals surface area contributed by atoms with Crippen molar-refractivity contribution >= 4 is 43.8 Å². The van der Waals surface area contributed by atoms with Crippen molar-refractivity contribution in [3.8, 4) is 0 Å². The lowest BCUT2D eigenvalue weighted by Gasteiger charge is -2.00. The minimum absolute atomic E-state index is 0.0111. The van der Waals surface area contributed by atoms with Crippen LogP contribution in [0.5, 0.6) is 0 Å². The third-order valence-corrected chi connectivity index (χ3v) is 3.16. The Labute approximate surface area is 112 Å². The minimum Gasteiger partial charge on any atom is -0.356 e. The molecule has 0 aromatic heterocycles. The molecule has 2 nitrogen and oxygen atoms in total. The van der Waals surface area contributed by atoms with Crippen LogP contribution in [0.4, 0.5) is 0 Å². The first-order chi connectivity index (χ1) is 7.59. The lowest BCUT2D eigenvalue weighted by molar-refractivity contribution is -0.118. The van der Waals surface area contributed by atoms with Gasteiger partial charge in [0.2, 0.25) is 5.91 Å². The van der Waals surface area contributed by atoms with Crippen LogP contribution in [0.1, 0.15) is 18.9 Å². The summed E-state index contributed by atoms with van der Waals surface area (Å²) in [6.45, 7) is 2.20. The molecule has 1 N–H and O–H groups in total. The van der Waals surface area contributed by atoms with Gasteiger partial charge in [-0.05, 0) is 30.2 Å². The molecule has 1 rings (SSSR count). The quantitative estimate of drug-likeness (QED) is 0.826. The number of hydrogen-bond acceptors (Lipinski definition) is 1. The molecule has 0 heterocycles. The van der Waals surface area contributed by atoms with E-state index in [2.05, 4.69) is 37.2 Å². The van der Waals surface area contributed by atoms with E-state index in [1.807, 2.05) is 30.4 Å². The number of hydrogen-bond donors (Lipinski definition) is 1. The van der Waals surface area contributed by atoms with Crippen molar-refractivity contribution in [3.63, 3.8) is 0 Å². The Kier molecular flexibility index (Phi) is 5.77. The third-order valence-electron chi connectivity index (χ3n) is 1.94. The van der Waals surface area contributed by atoms with Gasteiger partial charge >= 0.3 is 0 Å². The van der Waals surface area contributed by atoms with E-state index in [9.17, 15) is 4.79 Å². The molecule has 1 amide bonds. The Morgan fingerprint density at radius 3 is 2.88 bits per heavy atom. The van der Waals surface area contributed by atoms with Crippen LogP contribution in [0.3, 0.4) is 0 Å². The van der Waals surface area contributed by atoms with Gasteiger partial charge < -0.3 is 5.32 Å². The highest BCUT2D eigenvalue weighted by atomic mass is 79.9. The molecule has 0 saturated carbocycles. The summed E-state index contributed by atoms with van der Waals surface area (Å²) in [5.74, 6) is 0.0111. The normalized spacial score (nSPS) is 10.7. The summed E-state index contributed by atoms with van der Waals surface area (Å²) < 4.78 is 2.11. The molecule has 86 valence electrons. The molecule has 1 aromatic carbocycles. The van der Waals surface area contributed by atoms with Crippen LogP contribution in [0.15, 0.2) is 33.2 Å². The average Bonchev–Trinajstić information content (AvgIpc) is 2.22. The molecule has 0 aliphatic carbocycles. The number of benzene rings is 1. The number of amides is 1. The predicted molar refractivity (Wildman–Crippen MR) is 74.2 cm³/mol. The summed E-state index contributed by atoms with van der Waals surface area (Å²) in [5.41, 5.74) is 1.12. The van der Waals surface area contributed by atoms with E-state index in [0.29, 0.717) is 6.54 Å². The van der Waals surface area contributed by atoms with Crippen molar-refractivity contribution < 1.29 is 4.79 Å². The van der Waals surface area contributed by atoms with Gasteiger partial charge in [0.15, 0.2) is 0 Å². The molecule has 4 heteroatoms. The molecular formula is C12H13Br2NO. The zero-order chi connectivity index (χ0) is 12.0. The summed E-state index contributed by atoms with van der Waals surface area (Å²) in [5, 5.41) is 2.75. The second kappa shape index (κ2) is 6.86. The number of nitrogens with one attached hydrogen (secondary N) is 1. The van der Waals surface area contributed by atoms with Crippen molar-refractivity contribution in [2.75, 3.05) is 6.54 Å². The van der Waals surface area contributed by atoms with Gasteiger partial charge in [0.05, 0.1) is 0 Å². The van der Waals surface area contributed by atoms with E-state index in [0.717, 1.165) is 20.9 Å². The van der Waals surface area contributed by atoms with Crippen molar-refractivity contribution in [1.82, 2.24) is 5.32 Å². The first-order valence-electron chi connectivity index (χ1n) is 4.95. The molecule has 0 aliphatic rings. The summed E-state index contributed by atoms with van der Waals surface area (Å²) in [6.07, 6.45) is 4.91. The number of rotatable bonds is 4. The summed E-state index contributed by atoms with van der Waals surface area (Å²) in [4.78, 5) is 10.6. The van der Waals surface area contributed by atoms with Gasteiger partial charge in [0.25, 0.3) is 0 Å². The van der Waals surface area contributed by atoms with E-state index in [-0.39, 0.29) is 5.91 Å². The van der Waals surface area contributed by atoms with Crippen LogP contribution < -0.4 is 5.32 Å². The van der Waals surface area contributed by atoms with Crippen molar-refractivity contribution in [2.45, 2.75) is 13.3 Å². The zero-order valence-corrected chi connectivity index (χ0v) is 12.1. The summed E-state index contributed by atoms with van der Waals surface area (Å²) >= 11 is 6.91. The van der Waals surface area contributed by atoms with Crippen LogP contribution in [0.25, 0.3) is 6.08 Å². The summed E-state index contributed by atoms with van der Waals surface area (Å²) in [6, 6.07) is 6.02. The molecule has 0 radical (unpaired) electrons. The maximum Gasteiger partial charge on any atom is 0.216 e. The fourth-order valence-electron chi connectivity index (χ4n) is 1.18. The average molecular weight is 347 g/mol. The first kappa shape index (κ1) is 13.5. The van der Waals surface area contributed by atoms with E-state index in [1.165, 1.54) is 6.92 Å². The molecule has 1 aromatic rings. The fourth-order valence-corrected chi connectivity index (χ4v) is 1.94. The highest BCUT2D eigenvalue weighted by molar-refractivity contribution is 9.11. The van der Waals surface area contributed by atoms with Gasteiger partial charge in [-0.2, -0.15) is 0 Å². The topological polar surface area (TPSA) is 29.1 Å². The van der Waals surface area contributed by atoms with Crippen LogP contribution in [-0.2, 0) is 4.79 Å². The van der Waals surface area contributed by atoms with Crippen LogP contribution in [0.2, 0.25) is 0 Å². The van der Waals surface area contributed by atoms with Gasteiger partial charge in [-0.15, -0.1) is 0 Å². The fraction of sp³-hybridized carbons (Fsp3) is 0.250. The van der Waals surface area contributed by atoms with Gasteiger partial charge in [-0.1, -0.05) is 44.0 Å². The highest BCUT2D eigenvalue weighted by Crippen LogP contribution is 2.22. The van der Waals surface area contributed by atoms with E-state index < -0.39 is 0 Å². The van der Waals surface area contributed by atoms with Gasteiger partial charge in [-0.25, -0.2) is 0 Å². The van der Waals surface area contributed by atoms with Gasteiger partial charge in [0.1, 0.15) is 0 Å². The predicted octanol–water partition coefficient (Wildman–Crippen LogP) is 3.75. The minimum atomic E-state index is 0.0111. The smallest absolute Gasteiger partial charge is 0.216 e. The Morgan fingerprint density at radius 1 is 1.44 bits per heavy atom. The molecule has 0 saturated heterocycles.